The van der Waals surface area contributed by atoms with Crippen molar-refractivity contribution in [2.45, 2.75) is 6.10 Å². The molecule has 18 heavy (non-hydrogen) atoms. The van der Waals surface area contributed by atoms with Crippen LogP contribution in [-0.2, 0) is 4.79 Å². The first kappa shape index (κ1) is 12.6. The summed E-state index contributed by atoms with van der Waals surface area (Å²) in [6, 6.07) is 16.0. The summed E-state index contributed by atoms with van der Waals surface area (Å²) in [6.07, 6.45) is -1.000. The topological polar surface area (TPSA) is 46.5 Å². The monoisotopic (exact) mass is 306 g/mol. The molecule has 0 aliphatic rings. The van der Waals surface area contributed by atoms with Crippen LogP contribution < -0.4 is 4.74 Å². The number of carbonyl (C=O) groups is 1. The molecule has 2 aromatic rings. The van der Waals surface area contributed by atoms with Crippen LogP contribution in [0.25, 0.3) is 0 Å². The van der Waals surface area contributed by atoms with Crippen LogP contribution in [0.2, 0.25) is 0 Å². The molecule has 92 valence electrons. The van der Waals surface area contributed by atoms with E-state index in [1.807, 2.05) is 6.07 Å². The largest absolute Gasteiger partial charge is 0.478 e. The van der Waals surface area contributed by atoms with Gasteiger partial charge in [-0.3, -0.25) is 0 Å². The normalized spacial score (nSPS) is 11.8. The molecule has 0 saturated heterocycles. The van der Waals surface area contributed by atoms with E-state index in [1.165, 1.54) is 0 Å². The van der Waals surface area contributed by atoms with Crippen LogP contribution in [0.3, 0.4) is 0 Å². The lowest BCUT2D eigenvalue weighted by atomic mass is 10.1. The van der Waals surface area contributed by atoms with Crippen LogP contribution in [0, 0.1) is 0 Å². The molecule has 0 fully saturated rings. The Morgan fingerprint density at radius 1 is 1.06 bits per heavy atom. The standard InChI is InChI=1S/C14H11BrO3/c15-11-8-6-10(7-9-11)13(14(16)17)18-12-4-2-1-3-5-12/h1-9,13H,(H,16,17)/t13-/m1/s1. The molecule has 0 saturated carbocycles. The van der Waals surface area contributed by atoms with E-state index in [2.05, 4.69) is 15.9 Å². The number of ether oxygens (including phenoxy) is 1. The summed E-state index contributed by atoms with van der Waals surface area (Å²) in [5, 5.41) is 9.22. The summed E-state index contributed by atoms with van der Waals surface area (Å²) in [6.45, 7) is 0. The minimum Gasteiger partial charge on any atom is -0.478 e. The molecular weight excluding hydrogens is 296 g/mol. The lowest BCUT2D eigenvalue weighted by Crippen LogP contribution is -2.18. The van der Waals surface area contributed by atoms with Crippen molar-refractivity contribution in [2.75, 3.05) is 0 Å². The summed E-state index contributed by atoms with van der Waals surface area (Å²) in [5.41, 5.74) is 0.606. The van der Waals surface area contributed by atoms with E-state index in [9.17, 15) is 9.90 Å². The fourth-order valence-electron chi connectivity index (χ4n) is 1.53. The number of halogens is 1. The number of hydrogen-bond donors (Lipinski definition) is 1. The van der Waals surface area contributed by atoms with Crippen LogP contribution in [0.5, 0.6) is 5.75 Å². The zero-order valence-electron chi connectivity index (χ0n) is 9.42. The third-order valence-electron chi connectivity index (χ3n) is 2.39. The van der Waals surface area contributed by atoms with Crippen LogP contribution in [0.4, 0.5) is 0 Å². The molecule has 1 atom stereocenters. The quantitative estimate of drug-likeness (QED) is 0.938. The van der Waals surface area contributed by atoms with Crippen molar-refractivity contribution in [3.63, 3.8) is 0 Å². The van der Waals surface area contributed by atoms with Crippen molar-refractivity contribution >= 4 is 21.9 Å². The van der Waals surface area contributed by atoms with Gasteiger partial charge in [-0.2, -0.15) is 0 Å². The molecule has 0 heterocycles. The SMILES string of the molecule is O=C(O)[C@H](Oc1ccccc1)c1ccc(Br)cc1. The van der Waals surface area contributed by atoms with E-state index < -0.39 is 12.1 Å². The predicted molar refractivity (Wildman–Crippen MR) is 71.6 cm³/mol. The molecule has 0 amide bonds. The third kappa shape index (κ3) is 3.11. The number of para-hydroxylation sites is 1. The van der Waals surface area contributed by atoms with E-state index >= 15 is 0 Å². The van der Waals surface area contributed by atoms with Gasteiger partial charge in [0, 0.05) is 10.0 Å². The van der Waals surface area contributed by atoms with Crippen molar-refractivity contribution in [3.8, 4) is 5.75 Å². The number of hydrogen-bond acceptors (Lipinski definition) is 2. The van der Waals surface area contributed by atoms with Gasteiger partial charge in [0.05, 0.1) is 0 Å². The first-order valence-corrected chi connectivity index (χ1v) is 6.16. The zero-order chi connectivity index (χ0) is 13.0. The van der Waals surface area contributed by atoms with Gasteiger partial charge in [0.2, 0.25) is 6.10 Å². The Balaban J connectivity index is 2.24. The van der Waals surface area contributed by atoms with E-state index in [1.54, 1.807) is 48.5 Å². The highest BCUT2D eigenvalue weighted by Crippen LogP contribution is 2.23. The summed E-state index contributed by atoms with van der Waals surface area (Å²) in [4.78, 5) is 11.3. The van der Waals surface area contributed by atoms with Gasteiger partial charge in [0.15, 0.2) is 0 Å². The molecular formula is C14H11BrO3. The molecule has 0 aromatic heterocycles. The van der Waals surface area contributed by atoms with Crippen molar-refractivity contribution in [2.24, 2.45) is 0 Å². The van der Waals surface area contributed by atoms with Gasteiger partial charge in [0.1, 0.15) is 5.75 Å². The number of carboxylic acid groups (broad SMARTS) is 1. The van der Waals surface area contributed by atoms with Gasteiger partial charge >= 0.3 is 5.97 Å². The smallest absolute Gasteiger partial charge is 0.349 e. The summed E-state index contributed by atoms with van der Waals surface area (Å²) < 4.78 is 6.39. The van der Waals surface area contributed by atoms with Crippen molar-refractivity contribution in [3.05, 3.63) is 64.6 Å². The van der Waals surface area contributed by atoms with Gasteiger partial charge in [-0.15, -0.1) is 0 Å². The lowest BCUT2D eigenvalue weighted by molar-refractivity contribution is -0.145. The second kappa shape index (κ2) is 5.69. The number of aliphatic carboxylic acids is 1. The molecule has 3 nitrogen and oxygen atoms in total. The van der Waals surface area contributed by atoms with Crippen LogP contribution in [0.15, 0.2) is 59.1 Å². The summed E-state index contributed by atoms with van der Waals surface area (Å²) in [5.74, 6) is -0.478. The maximum absolute atomic E-state index is 11.3. The Hall–Kier alpha value is -1.81. The highest BCUT2D eigenvalue weighted by Gasteiger charge is 2.21. The fourth-order valence-corrected chi connectivity index (χ4v) is 1.80. The number of rotatable bonds is 4. The molecule has 2 aromatic carbocycles. The molecule has 0 spiro atoms. The second-order valence-corrected chi connectivity index (χ2v) is 4.62. The van der Waals surface area contributed by atoms with Crippen LogP contribution in [-0.4, -0.2) is 11.1 Å². The van der Waals surface area contributed by atoms with E-state index in [4.69, 9.17) is 4.74 Å². The van der Waals surface area contributed by atoms with Crippen LogP contribution >= 0.6 is 15.9 Å². The fraction of sp³-hybridized carbons (Fsp3) is 0.0714. The van der Waals surface area contributed by atoms with Crippen molar-refractivity contribution < 1.29 is 14.6 Å². The Kier molecular flexibility index (Phi) is 3.99. The van der Waals surface area contributed by atoms with Crippen LogP contribution in [0.1, 0.15) is 11.7 Å². The van der Waals surface area contributed by atoms with Crippen molar-refractivity contribution in [1.82, 2.24) is 0 Å². The first-order valence-electron chi connectivity index (χ1n) is 5.37. The minimum absolute atomic E-state index is 0.535. The lowest BCUT2D eigenvalue weighted by Gasteiger charge is -2.15. The maximum Gasteiger partial charge on any atom is 0.349 e. The molecule has 2 rings (SSSR count). The third-order valence-corrected chi connectivity index (χ3v) is 2.92. The van der Waals surface area contributed by atoms with Gasteiger partial charge in [-0.25, -0.2) is 4.79 Å². The molecule has 0 aliphatic carbocycles. The average Bonchev–Trinajstić information content (AvgIpc) is 2.38. The second-order valence-electron chi connectivity index (χ2n) is 3.70. The Morgan fingerprint density at radius 3 is 2.22 bits per heavy atom. The van der Waals surface area contributed by atoms with Gasteiger partial charge in [-0.1, -0.05) is 46.3 Å². The summed E-state index contributed by atoms with van der Waals surface area (Å²) >= 11 is 3.31. The zero-order valence-corrected chi connectivity index (χ0v) is 11.0. The average molecular weight is 307 g/mol. The minimum atomic E-state index is -1.01. The van der Waals surface area contributed by atoms with Gasteiger partial charge < -0.3 is 9.84 Å². The molecule has 1 N–H and O–H groups in total. The molecule has 0 bridgehead atoms. The Morgan fingerprint density at radius 2 is 1.67 bits per heavy atom. The summed E-state index contributed by atoms with van der Waals surface area (Å²) in [7, 11) is 0. The van der Waals surface area contributed by atoms with Gasteiger partial charge in [0.25, 0.3) is 0 Å². The van der Waals surface area contributed by atoms with E-state index in [0.29, 0.717) is 11.3 Å². The Labute approximate surface area is 113 Å². The first-order chi connectivity index (χ1) is 8.66. The van der Waals surface area contributed by atoms with Crippen molar-refractivity contribution in [1.29, 1.82) is 0 Å². The maximum atomic E-state index is 11.3. The molecule has 0 radical (unpaired) electrons. The highest BCUT2D eigenvalue weighted by molar-refractivity contribution is 9.10. The van der Waals surface area contributed by atoms with E-state index in [-0.39, 0.29) is 0 Å². The molecule has 0 unspecified atom stereocenters. The van der Waals surface area contributed by atoms with E-state index in [0.717, 1.165) is 4.47 Å². The molecule has 0 aliphatic heterocycles. The Bertz CT molecular complexity index is 522. The molecule has 4 heteroatoms. The highest BCUT2D eigenvalue weighted by atomic mass is 79.9. The number of carboxylic acids is 1. The predicted octanol–water partition coefficient (Wildman–Crippen LogP) is 3.65. The van der Waals surface area contributed by atoms with Gasteiger partial charge in [-0.05, 0) is 24.3 Å². The number of benzene rings is 2.